The number of nitrogens with one attached hydrogen (secondary N) is 1. The van der Waals surface area contributed by atoms with Gasteiger partial charge in [-0.05, 0) is 25.7 Å². The summed E-state index contributed by atoms with van der Waals surface area (Å²) in [7, 11) is 0. The summed E-state index contributed by atoms with van der Waals surface area (Å²) < 4.78 is 4.95. The zero-order valence-corrected chi connectivity index (χ0v) is 13.9. The lowest BCUT2D eigenvalue weighted by Crippen LogP contribution is -2.53. The Hall–Kier alpha value is -1.26. The zero-order valence-electron chi connectivity index (χ0n) is 13.9. The Morgan fingerprint density at radius 3 is 2.57 bits per heavy atom. The minimum absolute atomic E-state index is 0.00170. The second-order valence-electron chi connectivity index (χ2n) is 6.20. The first kappa shape index (κ1) is 17.8. The van der Waals surface area contributed by atoms with Gasteiger partial charge in [0.1, 0.15) is 0 Å². The van der Waals surface area contributed by atoms with Crippen LogP contribution in [0.15, 0.2) is 0 Å². The smallest absolute Gasteiger partial charge is 0.407 e. The van der Waals surface area contributed by atoms with Crippen LogP contribution < -0.4 is 5.32 Å². The van der Waals surface area contributed by atoms with Crippen molar-refractivity contribution in [3.05, 3.63) is 0 Å². The quantitative estimate of drug-likeness (QED) is 0.820. The minimum Gasteiger partial charge on any atom is -0.450 e. The molecule has 2 unspecified atom stereocenters. The predicted molar refractivity (Wildman–Crippen MR) is 83.0 cm³/mol. The molecule has 5 nitrogen and oxygen atoms in total. The summed E-state index contributed by atoms with van der Waals surface area (Å²) >= 11 is 0. The number of carbonyl (C=O) groups excluding carboxylic acids is 2. The van der Waals surface area contributed by atoms with E-state index in [1.165, 1.54) is 6.42 Å². The van der Waals surface area contributed by atoms with E-state index in [2.05, 4.69) is 12.2 Å². The Bertz CT molecular complexity index is 344. The normalized spacial score (nSPS) is 22.2. The average molecular weight is 298 g/mol. The van der Waals surface area contributed by atoms with Crippen LogP contribution in [0.5, 0.6) is 0 Å². The van der Waals surface area contributed by atoms with Crippen molar-refractivity contribution in [2.45, 2.75) is 59.4 Å². The number of alkyl carbamates (subject to hydrolysis) is 1. The summed E-state index contributed by atoms with van der Waals surface area (Å²) in [5.74, 6) is 0.637. The maximum absolute atomic E-state index is 12.3. The van der Waals surface area contributed by atoms with Crippen LogP contribution in [0.25, 0.3) is 0 Å². The third kappa shape index (κ3) is 5.94. The molecular formula is C16H30N2O3. The van der Waals surface area contributed by atoms with Crippen LogP contribution in [0.1, 0.15) is 53.4 Å². The Labute approximate surface area is 128 Å². The molecule has 0 aromatic heterocycles. The van der Waals surface area contributed by atoms with Crippen LogP contribution in [0.3, 0.4) is 0 Å². The van der Waals surface area contributed by atoms with E-state index in [4.69, 9.17) is 4.74 Å². The molecule has 0 saturated carbocycles. The van der Waals surface area contributed by atoms with Gasteiger partial charge in [-0.2, -0.15) is 0 Å². The van der Waals surface area contributed by atoms with Gasteiger partial charge >= 0.3 is 6.09 Å². The van der Waals surface area contributed by atoms with Crippen molar-refractivity contribution < 1.29 is 14.3 Å². The number of rotatable bonds is 6. The topological polar surface area (TPSA) is 58.6 Å². The van der Waals surface area contributed by atoms with Gasteiger partial charge in [0, 0.05) is 19.0 Å². The van der Waals surface area contributed by atoms with Crippen molar-refractivity contribution in [1.29, 1.82) is 0 Å². The fourth-order valence-electron chi connectivity index (χ4n) is 2.89. The third-order valence-corrected chi connectivity index (χ3v) is 3.91. The number of hydrogen-bond acceptors (Lipinski definition) is 3. The van der Waals surface area contributed by atoms with Gasteiger partial charge in [0.15, 0.2) is 0 Å². The maximum Gasteiger partial charge on any atom is 0.407 e. The number of carbonyl (C=O) groups is 2. The summed E-state index contributed by atoms with van der Waals surface area (Å²) in [5.41, 5.74) is 0. The summed E-state index contributed by atoms with van der Waals surface area (Å²) in [6.07, 6.45) is 3.99. The molecule has 1 aliphatic heterocycles. The van der Waals surface area contributed by atoms with Crippen molar-refractivity contribution in [2.24, 2.45) is 11.8 Å². The summed E-state index contributed by atoms with van der Waals surface area (Å²) in [6, 6.07) is 0.00218. The Kier molecular flexibility index (Phi) is 7.54. The SMILES string of the molecule is CCCCC1CC(NC(=O)OCC)CN(C(=O)C(C)C)C1. The van der Waals surface area contributed by atoms with Crippen molar-refractivity contribution in [1.82, 2.24) is 10.2 Å². The average Bonchev–Trinajstić information content (AvgIpc) is 2.44. The molecule has 0 radical (unpaired) electrons. The standard InChI is InChI=1S/C16H30N2O3/c1-5-7-8-13-9-14(17-16(20)21-6-2)11-18(10-13)15(19)12(3)4/h12-14H,5-11H2,1-4H3,(H,17,20). The molecule has 1 fully saturated rings. The Morgan fingerprint density at radius 1 is 1.29 bits per heavy atom. The van der Waals surface area contributed by atoms with E-state index in [1.54, 1.807) is 6.92 Å². The molecule has 0 aliphatic carbocycles. The molecule has 0 aromatic carbocycles. The maximum atomic E-state index is 12.3. The lowest BCUT2D eigenvalue weighted by molar-refractivity contribution is -0.136. The van der Waals surface area contributed by atoms with Crippen LogP contribution in [-0.2, 0) is 9.53 Å². The molecule has 1 aliphatic rings. The van der Waals surface area contributed by atoms with Crippen LogP contribution in [0.4, 0.5) is 4.79 Å². The van der Waals surface area contributed by atoms with Crippen LogP contribution in [-0.4, -0.2) is 42.6 Å². The molecule has 21 heavy (non-hydrogen) atoms. The number of ether oxygens (including phenoxy) is 1. The van der Waals surface area contributed by atoms with Gasteiger partial charge in [-0.25, -0.2) is 4.79 Å². The predicted octanol–water partition coefficient (Wildman–Crippen LogP) is 2.80. The number of likely N-dealkylation sites (tertiary alicyclic amines) is 1. The monoisotopic (exact) mass is 298 g/mol. The van der Waals surface area contributed by atoms with E-state index in [1.807, 2.05) is 18.7 Å². The van der Waals surface area contributed by atoms with Gasteiger partial charge in [-0.1, -0.05) is 33.6 Å². The molecule has 1 heterocycles. The lowest BCUT2D eigenvalue weighted by Gasteiger charge is -2.38. The molecule has 0 bridgehead atoms. The van der Waals surface area contributed by atoms with Gasteiger partial charge < -0.3 is 15.0 Å². The van der Waals surface area contributed by atoms with Crippen LogP contribution in [0, 0.1) is 11.8 Å². The van der Waals surface area contributed by atoms with Crippen molar-refractivity contribution in [3.63, 3.8) is 0 Å². The highest BCUT2D eigenvalue weighted by atomic mass is 16.5. The largest absolute Gasteiger partial charge is 0.450 e. The molecule has 2 amide bonds. The molecule has 0 spiro atoms. The van der Waals surface area contributed by atoms with E-state index in [9.17, 15) is 9.59 Å². The summed E-state index contributed by atoms with van der Waals surface area (Å²) in [6.45, 7) is 9.59. The summed E-state index contributed by atoms with van der Waals surface area (Å²) in [5, 5.41) is 2.89. The molecule has 0 aromatic rings. The van der Waals surface area contributed by atoms with Crippen molar-refractivity contribution in [3.8, 4) is 0 Å². The van der Waals surface area contributed by atoms with Crippen molar-refractivity contribution >= 4 is 12.0 Å². The van der Waals surface area contributed by atoms with E-state index in [0.717, 1.165) is 25.8 Å². The van der Waals surface area contributed by atoms with E-state index < -0.39 is 0 Å². The minimum atomic E-state index is -0.379. The first-order chi connectivity index (χ1) is 9.97. The highest BCUT2D eigenvalue weighted by Crippen LogP contribution is 2.23. The van der Waals surface area contributed by atoms with E-state index in [0.29, 0.717) is 19.1 Å². The molecule has 1 saturated heterocycles. The van der Waals surface area contributed by atoms with Gasteiger partial charge in [0.25, 0.3) is 0 Å². The molecule has 122 valence electrons. The van der Waals surface area contributed by atoms with E-state index >= 15 is 0 Å². The first-order valence-electron chi connectivity index (χ1n) is 8.19. The number of unbranched alkanes of at least 4 members (excludes halogenated alkanes) is 1. The molecule has 1 N–H and O–H groups in total. The fraction of sp³-hybridized carbons (Fsp3) is 0.875. The number of piperidine rings is 1. The van der Waals surface area contributed by atoms with Gasteiger partial charge in [-0.15, -0.1) is 0 Å². The third-order valence-electron chi connectivity index (χ3n) is 3.91. The second-order valence-corrected chi connectivity index (χ2v) is 6.20. The van der Waals surface area contributed by atoms with Crippen LogP contribution in [0.2, 0.25) is 0 Å². The first-order valence-corrected chi connectivity index (χ1v) is 8.19. The number of nitrogens with zero attached hydrogens (tertiary/aromatic N) is 1. The molecule has 5 heteroatoms. The number of amides is 2. The fourth-order valence-corrected chi connectivity index (χ4v) is 2.89. The Balaban J connectivity index is 2.65. The molecule has 2 atom stereocenters. The van der Waals surface area contributed by atoms with Crippen molar-refractivity contribution in [2.75, 3.05) is 19.7 Å². The van der Waals surface area contributed by atoms with E-state index in [-0.39, 0.29) is 24.0 Å². The van der Waals surface area contributed by atoms with Gasteiger partial charge in [-0.3, -0.25) is 4.79 Å². The highest BCUT2D eigenvalue weighted by molar-refractivity contribution is 5.78. The second kappa shape index (κ2) is 8.90. The summed E-state index contributed by atoms with van der Waals surface area (Å²) in [4.78, 5) is 25.8. The zero-order chi connectivity index (χ0) is 15.8. The van der Waals surface area contributed by atoms with Gasteiger partial charge in [0.05, 0.1) is 12.6 Å². The highest BCUT2D eigenvalue weighted by Gasteiger charge is 2.31. The Morgan fingerprint density at radius 2 is 2.00 bits per heavy atom. The van der Waals surface area contributed by atoms with Crippen LogP contribution >= 0.6 is 0 Å². The molecule has 1 rings (SSSR count). The number of hydrogen-bond donors (Lipinski definition) is 1. The molecular weight excluding hydrogens is 268 g/mol. The van der Waals surface area contributed by atoms with Gasteiger partial charge in [0.2, 0.25) is 5.91 Å². The lowest BCUT2D eigenvalue weighted by atomic mass is 9.89.